The van der Waals surface area contributed by atoms with Crippen LogP contribution in [0.25, 0.3) is 0 Å². The fourth-order valence-corrected chi connectivity index (χ4v) is 3.69. The van der Waals surface area contributed by atoms with Crippen molar-refractivity contribution in [3.05, 3.63) is 0 Å². The molecule has 1 aliphatic carbocycles. The topological polar surface area (TPSA) is 35.7 Å². The first-order chi connectivity index (χ1) is 10.6. The molecule has 0 aromatic rings. The maximum atomic E-state index is 4.50. The van der Waals surface area contributed by atoms with Gasteiger partial charge in [0, 0.05) is 12.6 Å². The van der Waals surface area contributed by atoms with Gasteiger partial charge in [-0.1, -0.05) is 28.7 Å². The molecule has 4 saturated heterocycles. The van der Waals surface area contributed by atoms with Gasteiger partial charge in [0.25, 0.3) is 0 Å². The monoisotopic (exact) mass is 360 g/mol. The Morgan fingerprint density at radius 3 is 1.12 bits per heavy atom. The van der Waals surface area contributed by atoms with E-state index >= 15 is 0 Å². The van der Waals surface area contributed by atoms with Gasteiger partial charge < -0.3 is 20.4 Å². The van der Waals surface area contributed by atoms with Gasteiger partial charge in [0.1, 0.15) is 0 Å². The SMILES string of the molecule is C.C.C.CN.CN1CC2CC1C2.CN1CCCC1.CN1CCCCC1. The molecular weight excluding hydrogens is 308 g/mol. The first-order valence-electron chi connectivity index (χ1n) is 9.30. The zero-order chi connectivity index (χ0) is 16.4. The second-order valence-electron chi connectivity index (χ2n) is 7.31. The Hall–Kier alpha value is -0.160. The molecule has 156 valence electrons. The second-order valence-corrected chi connectivity index (χ2v) is 7.31. The van der Waals surface area contributed by atoms with Crippen molar-refractivity contribution in [3.8, 4) is 0 Å². The Balaban J connectivity index is -0.000000262. The molecule has 4 heteroatoms. The average Bonchev–Trinajstić information content (AvgIpc) is 3.19. The molecule has 1 saturated carbocycles. The maximum absolute atomic E-state index is 4.50. The molecular formula is C21H52N4. The highest BCUT2D eigenvalue weighted by molar-refractivity contribution is 4.94. The van der Waals surface area contributed by atoms with E-state index in [1.165, 1.54) is 84.7 Å². The summed E-state index contributed by atoms with van der Waals surface area (Å²) in [5.74, 6) is 1.09. The number of fused-ring (bicyclic) bond motifs is 1. The first-order valence-corrected chi connectivity index (χ1v) is 9.30. The number of likely N-dealkylation sites (tertiary alicyclic amines) is 2. The summed E-state index contributed by atoms with van der Waals surface area (Å²) in [4.78, 5) is 7.23. The van der Waals surface area contributed by atoms with Crippen LogP contribution in [-0.4, -0.2) is 81.7 Å². The van der Waals surface area contributed by atoms with Crippen molar-refractivity contribution in [1.29, 1.82) is 0 Å². The lowest BCUT2D eigenvalue weighted by Crippen LogP contribution is -2.25. The van der Waals surface area contributed by atoms with E-state index in [1.807, 2.05) is 0 Å². The molecule has 0 spiro atoms. The number of nitrogens with two attached hydrogens (primary N) is 1. The minimum atomic E-state index is 0. The Labute approximate surface area is 161 Å². The van der Waals surface area contributed by atoms with Gasteiger partial charge in [0.2, 0.25) is 0 Å². The minimum absolute atomic E-state index is 0. The van der Waals surface area contributed by atoms with Gasteiger partial charge in [-0.25, -0.2) is 0 Å². The van der Waals surface area contributed by atoms with E-state index in [-0.39, 0.29) is 22.3 Å². The number of nitrogens with zero attached hydrogens (tertiary/aromatic N) is 3. The van der Waals surface area contributed by atoms with E-state index in [4.69, 9.17) is 0 Å². The third kappa shape index (κ3) is 12.0. The van der Waals surface area contributed by atoms with Gasteiger partial charge in [-0.05, 0) is 98.8 Å². The fourth-order valence-electron chi connectivity index (χ4n) is 3.69. The summed E-state index contributed by atoms with van der Waals surface area (Å²) in [7, 11) is 8.10. The molecule has 4 heterocycles. The van der Waals surface area contributed by atoms with E-state index in [0.29, 0.717) is 0 Å². The lowest BCUT2D eigenvalue weighted by Gasteiger charge is -2.23. The molecule has 4 nitrogen and oxygen atoms in total. The Kier molecular flexibility index (Phi) is 20.4. The van der Waals surface area contributed by atoms with Crippen molar-refractivity contribution >= 4 is 0 Å². The van der Waals surface area contributed by atoms with Crippen LogP contribution in [0.15, 0.2) is 0 Å². The van der Waals surface area contributed by atoms with Gasteiger partial charge in [-0.2, -0.15) is 0 Å². The molecule has 5 aliphatic rings. The summed E-state index contributed by atoms with van der Waals surface area (Å²) < 4.78 is 0. The standard InChI is InChI=1S/C6H11N.C6H13N.C5H11N.CH5N.3CH4/c1-7-4-5-2-6(7)3-5;1-7-5-3-2-4-6-7;1-6-4-2-3-5-6;1-2;;;/h5-6H,2-4H2,1H3;2-6H2,1H3;2-5H2,1H3;2H2,1H3;3*1H4. The van der Waals surface area contributed by atoms with Crippen molar-refractivity contribution in [2.24, 2.45) is 11.7 Å². The Bertz CT molecular complexity index is 253. The second kappa shape index (κ2) is 17.3. The molecule has 0 aromatic carbocycles. The molecule has 0 amide bonds. The van der Waals surface area contributed by atoms with Crippen LogP contribution in [0.1, 0.15) is 67.2 Å². The lowest BCUT2D eigenvalue weighted by atomic mass is 9.86. The number of rotatable bonds is 0. The van der Waals surface area contributed by atoms with Crippen LogP contribution in [0.3, 0.4) is 0 Å². The average molecular weight is 361 g/mol. The van der Waals surface area contributed by atoms with Crippen molar-refractivity contribution in [2.75, 3.05) is 60.9 Å². The van der Waals surface area contributed by atoms with Crippen LogP contribution in [0, 0.1) is 5.92 Å². The molecule has 0 aromatic heterocycles. The summed E-state index contributed by atoms with van der Waals surface area (Å²) in [5.41, 5.74) is 4.50. The van der Waals surface area contributed by atoms with E-state index in [1.54, 1.807) is 0 Å². The first kappa shape index (κ1) is 29.6. The van der Waals surface area contributed by atoms with Crippen molar-refractivity contribution in [3.63, 3.8) is 0 Å². The normalized spacial score (nSPS) is 27.2. The molecule has 0 atom stereocenters. The smallest absolute Gasteiger partial charge is 0.00985 e. The molecule has 0 radical (unpaired) electrons. The van der Waals surface area contributed by atoms with Crippen molar-refractivity contribution in [2.45, 2.75) is 73.3 Å². The highest BCUT2D eigenvalue weighted by Crippen LogP contribution is 2.38. The molecule has 25 heavy (non-hydrogen) atoms. The molecule has 2 N–H and O–H groups in total. The van der Waals surface area contributed by atoms with Gasteiger partial charge in [0.15, 0.2) is 0 Å². The van der Waals surface area contributed by atoms with E-state index in [2.05, 4.69) is 41.6 Å². The summed E-state index contributed by atoms with van der Waals surface area (Å²) in [6.07, 6.45) is 10.1. The lowest BCUT2D eigenvalue weighted by molar-refractivity contribution is 0.277. The summed E-state index contributed by atoms with van der Waals surface area (Å²) in [6.45, 7) is 6.66. The van der Waals surface area contributed by atoms with Crippen LogP contribution in [0.2, 0.25) is 0 Å². The molecule has 5 fully saturated rings. The molecule has 0 unspecified atom stereocenters. The van der Waals surface area contributed by atoms with Crippen LogP contribution >= 0.6 is 0 Å². The summed E-state index contributed by atoms with van der Waals surface area (Å²) in [5, 5.41) is 0. The molecule has 4 aliphatic heterocycles. The fraction of sp³-hybridized carbons (Fsp3) is 1.00. The van der Waals surface area contributed by atoms with E-state index in [9.17, 15) is 0 Å². The number of hydrogen-bond donors (Lipinski definition) is 1. The Morgan fingerprint density at radius 2 is 1.00 bits per heavy atom. The van der Waals surface area contributed by atoms with Crippen molar-refractivity contribution in [1.82, 2.24) is 14.7 Å². The number of piperidine rings is 1. The third-order valence-electron chi connectivity index (χ3n) is 5.29. The van der Waals surface area contributed by atoms with Crippen LogP contribution in [0.4, 0.5) is 0 Å². The van der Waals surface area contributed by atoms with Crippen LogP contribution in [-0.2, 0) is 0 Å². The molecule has 5 rings (SSSR count). The van der Waals surface area contributed by atoms with Gasteiger partial charge in [-0.3, -0.25) is 0 Å². The van der Waals surface area contributed by atoms with Crippen LogP contribution in [0.5, 0.6) is 0 Å². The van der Waals surface area contributed by atoms with Crippen LogP contribution < -0.4 is 5.73 Å². The largest absolute Gasteiger partial charge is 0.333 e. The maximum Gasteiger partial charge on any atom is 0.00985 e. The van der Waals surface area contributed by atoms with E-state index < -0.39 is 0 Å². The Morgan fingerprint density at radius 1 is 0.640 bits per heavy atom. The number of hydrogen-bond acceptors (Lipinski definition) is 4. The summed E-state index contributed by atoms with van der Waals surface area (Å²) >= 11 is 0. The zero-order valence-electron chi connectivity index (χ0n) is 15.6. The minimum Gasteiger partial charge on any atom is -0.333 e. The zero-order valence-corrected chi connectivity index (χ0v) is 15.6. The predicted octanol–water partition coefficient (Wildman–Crippen LogP) is 4.01. The van der Waals surface area contributed by atoms with Gasteiger partial charge in [-0.15, -0.1) is 0 Å². The van der Waals surface area contributed by atoms with Crippen molar-refractivity contribution < 1.29 is 0 Å². The highest BCUT2D eigenvalue weighted by atomic mass is 15.2. The predicted molar refractivity (Wildman–Crippen MR) is 118 cm³/mol. The quantitative estimate of drug-likeness (QED) is 0.708. The third-order valence-corrected chi connectivity index (χ3v) is 5.29. The summed E-state index contributed by atoms with van der Waals surface area (Å²) in [6, 6.07) is 0.991. The van der Waals surface area contributed by atoms with Gasteiger partial charge >= 0.3 is 0 Å². The highest BCUT2D eigenvalue weighted by Gasteiger charge is 2.39. The van der Waals surface area contributed by atoms with Gasteiger partial charge in [0.05, 0.1) is 0 Å². The molecule has 2 bridgehead atoms. The van der Waals surface area contributed by atoms with E-state index in [0.717, 1.165) is 12.0 Å².